The molecule has 1 aromatic carbocycles. The third-order valence-electron chi connectivity index (χ3n) is 2.80. The van der Waals surface area contributed by atoms with Crippen molar-refractivity contribution >= 4 is 28.6 Å². The summed E-state index contributed by atoms with van der Waals surface area (Å²) >= 11 is 1.16. The van der Waals surface area contributed by atoms with E-state index in [1.54, 1.807) is 39.0 Å². The van der Waals surface area contributed by atoms with Crippen LogP contribution in [0.5, 0.6) is 5.75 Å². The molecule has 0 spiro atoms. The Bertz CT molecular complexity index is 764. The van der Waals surface area contributed by atoms with Crippen molar-refractivity contribution in [3.8, 4) is 16.2 Å². The number of ether oxygens (including phenoxy) is 3. The highest BCUT2D eigenvalue weighted by Crippen LogP contribution is 2.41. The van der Waals surface area contributed by atoms with E-state index in [1.165, 1.54) is 19.2 Å². The van der Waals surface area contributed by atoms with Crippen molar-refractivity contribution in [3.63, 3.8) is 0 Å². The van der Waals surface area contributed by atoms with Crippen molar-refractivity contribution < 1.29 is 28.2 Å². The normalized spacial score (nSPS) is 10.9. The van der Waals surface area contributed by atoms with Crippen LogP contribution in [-0.4, -0.2) is 25.0 Å². The van der Waals surface area contributed by atoms with Gasteiger partial charge in [-0.25, -0.2) is 14.0 Å². The number of rotatable bonds is 3. The largest absolute Gasteiger partial charge is 0.513 e. The van der Waals surface area contributed by atoms with Crippen molar-refractivity contribution in [1.29, 1.82) is 0 Å². The van der Waals surface area contributed by atoms with Crippen LogP contribution < -0.4 is 10.1 Å². The van der Waals surface area contributed by atoms with Crippen LogP contribution in [0.25, 0.3) is 10.4 Å². The average molecular weight is 367 g/mol. The summed E-state index contributed by atoms with van der Waals surface area (Å²) in [6, 6.07) is 7.36. The molecule has 25 heavy (non-hydrogen) atoms. The van der Waals surface area contributed by atoms with Crippen LogP contribution in [0.1, 0.15) is 20.8 Å². The molecular formula is C17H18FNO5S. The molecule has 1 amide bonds. The summed E-state index contributed by atoms with van der Waals surface area (Å²) in [7, 11) is 1.18. The number of hydrogen-bond acceptors (Lipinski definition) is 6. The lowest BCUT2D eigenvalue weighted by molar-refractivity contribution is 0.0635. The third kappa shape index (κ3) is 5.46. The quantitative estimate of drug-likeness (QED) is 0.769. The standard InChI is InChI=1S/C17H18FNO5S/c1-17(2,3)24-15(20)19-14-12(23-16(21)22-4)9-13(25-14)10-5-7-11(18)8-6-10/h5-9H,1-4H3,(H,19,20). The predicted molar refractivity (Wildman–Crippen MR) is 92.6 cm³/mol. The number of thiophene rings is 1. The molecule has 1 heterocycles. The Morgan fingerprint density at radius 2 is 1.80 bits per heavy atom. The summed E-state index contributed by atoms with van der Waals surface area (Å²) in [5, 5.41) is 2.83. The van der Waals surface area contributed by atoms with E-state index in [2.05, 4.69) is 10.1 Å². The van der Waals surface area contributed by atoms with E-state index >= 15 is 0 Å². The second kappa shape index (κ2) is 7.52. The van der Waals surface area contributed by atoms with Crippen molar-refractivity contribution in [2.75, 3.05) is 12.4 Å². The summed E-state index contributed by atoms with van der Waals surface area (Å²) < 4.78 is 27.8. The van der Waals surface area contributed by atoms with Gasteiger partial charge in [0.25, 0.3) is 0 Å². The van der Waals surface area contributed by atoms with Crippen molar-refractivity contribution in [2.45, 2.75) is 26.4 Å². The first kappa shape index (κ1) is 18.7. The molecule has 0 atom stereocenters. The average Bonchev–Trinajstić information content (AvgIpc) is 2.88. The van der Waals surface area contributed by atoms with Gasteiger partial charge in [0, 0.05) is 10.9 Å². The molecule has 0 saturated heterocycles. The van der Waals surface area contributed by atoms with Gasteiger partial charge >= 0.3 is 12.2 Å². The SMILES string of the molecule is COC(=O)Oc1cc(-c2ccc(F)cc2)sc1NC(=O)OC(C)(C)C. The first-order chi connectivity index (χ1) is 11.7. The second-order valence-corrected chi connectivity index (χ2v) is 7.05. The number of halogens is 1. The van der Waals surface area contributed by atoms with E-state index in [0.29, 0.717) is 10.4 Å². The fraction of sp³-hybridized carbons (Fsp3) is 0.294. The van der Waals surface area contributed by atoms with Crippen LogP contribution in [0.3, 0.4) is 0 Å². The lowest BCUT2D eigenvalue weighted by atomic mass is 10.2. The summed E-state index contributed by atoms with van der Waals surface area (Å²) in [4.78, 5) is 24.1. The maximum Gasteiger partial charge on any atom is 0.513 e. The smallest absolute Gasteiger partial charge is 0.444 e. The lowest BCUT2D eigenvalue weighted by Crippen LogP contribution is -2.27. The highest BCUT2D eigenvalue weighted by atomic mass is 32.1. The second-order valence-electron chi connectivity index (χ2n) is 5.99. The maximum atomic E-state index is 13.1. The molecular weight excluding hydrogens is 349 g/mol. The van der Waals surface area contributed by atoms with Gasteiger partial charge in [-0.05, 0) is 38.5 Å². The summed E-state index contributed by atoms with van der Waals surface area (Å²) in [5.41, 5.74) is 0.0307. The minimum absolute atomic E-state index is 0.113. The molecule has 0 aliphatic rings. The fourth-order valence-corrected chi connectivity index (χ4v) is 2.80. The zero-order valence-corrected chi connectivity index (χ0v) is 15.0. The molecule has 134 valence electrons. The van der Waals surface area contributed by atoms with Crippen LogP contribution in [-0.2, 0) is 9.47 Å². The molecule has 2 aromatic rings. The van der Waals surface area contributed by atoms with Crippen LogP contribution >= 0.6 is 11.3 Å². The molecule has 8 heteroatoms. The summed E-state index contributed by atoms with van der Waals surface area (Å²) in [6.07, 6.45) is -1.61. The molecule has 0 aliphatic heterocycles. The van der Waals surface area contributed by atoms with Gasteiger partial charge in [0.2, 0.25) is 0 Å². The first-order valence-electron chi connectivity index (χ1n) is 7.33. The number of hydrogen-bond donors (Lipinski definition) is 1. The molecule has 0 unspecified atom stereocenters. The Labute approximate surface area is 148 Å². The van der Waals surface area contributed by atoms with E-state index in [0.717, 1.165) is 11.3 Å². The van der Waals surface area contributed by atoms with Gasteiger partial charge in [0.05, 0.1) is 7.11 Å². The van der Waals surface area contributed by atoms with Gasteiger partial charge in [-0.1, -0.05) is 12.1 Å². The molecule has 6 nitrogen and oxygen atoms in total. The number of nitrogens with one attached hydrogen (secondary N) is 1. The molecule has 0 saturated carbocycles. The van der Waals surface area contributed by atoms with Crippen molar-refractivity contribution in [1.82, 2.24) is 0 Å². The van der Waals surface area contributed by atoms with E-state index in [1.807, 2.05) is 0 Å². The van der Waals surface area contributed by atoms with Crippen LogP contribution in [0.2, 0.25) is 0 Å². The number of carbonyl (C=O) groups excluding carboxylic acids is 2. The Morgan fingerprint density at radius 3 is 2.36 bits per heavy atom. The number of methoxy groups -OCH3 is 1. The highest BCUT2D eigenvalue weighted by Gasteiger charge is 2.21. The predicted octanol–water partition coefficient (Wildman–Crippen LogP) is 5.05. The molecule has 0 radical (unpaired) electrons. The van der Waals surface area contributed by atoms with Gasteiger partial charge in [0.15, 0.2) is 5.75 Å². The van der Waals surface area contributed by atoms with Crippen molar-refractivity contribution in [3.05, 3.63) is 36.1 Å². The zero-order valence-electron chi connectivity index (χ0n) is 14.2. The number of benzene rings is 1. The Balaban J connectivity index is 2.30. The molecule has 1 aromatic heterocycles. The summed E-state index contributed by atoms with van der Waals surface area (Å²) in [6.45, 7) is 5.20. The van der Waals surface area contributed by atoms with E-state index in [9.17, 15) is 14.0 Å². The van der Waals surface area contributed by atoms with Gasteiger partial charge < -0.3 is 14.2 Å². The van der Waals surface area contributed by atoms with Gasteiger partial charge in [-0.3, -0.25) is 5.32 Å². The zero-order chi connectivity index (χ0) is 18.6. The van der Waals surface area contributed by atoms with E-state index in [4.69, 9.17) is 9.47 Å². The maximum absolute atomic E-state index is 13.1. The Morgan fingerprint density at radius 1 is 1.16 bits per heavy atom. The minimum Gasteiger partial charge on any atom is -0.444 e. The highest BCUT2D eigenvalue weighted by molar-refractivity contribution is 7.20. The van der Waals surface area contributed by atoms with Gasteiger partial charge in [-0.15, -0.1) is 11.3 Å². The number of carbonyl (C=O) groups is 2. The van der Waals surface area contributed by atoms with Crippen LogP contribution in [0.15, 0.2) is 30.3 Å². The number of amides is 1. The molecule has 2 rings (SSSR count). The number of anilines is 1. The topological polar surface area (TPSA) is 73.9 Å². The lowest BCUT2D eigenvalue weighted by Gasteiger charge is -2.19. The van der Waals surface area contributed by atoms with Crippen molar-refractivity contribution in [2.24, 2.45) is 0 Å². The molecule has 0 fully saturated rings. The third-order valence-corrected chi connectivity index (χ3v) is 3.88. The monoisotopic (exact) mass is 367 g/mol. The van der Waals surface area contributed by atoms with E-state index in [-0.39, 0.29) is 16.6 Å². The minimum atomic E-state index is -0.921. The summed E-state index contributed by atoms with van der Waals surface area (Å²) in [5.74, 6) is -0.250. The fourth-order valence-electron chi connectivity index (χ4n) is 1.82. The van der Waals surface area contributed by atoms with E-state index < -0.39 is 17.8 Å². The Hall–Kier alpha value is -2.61. The molecule has 0 bridgehead atoms. The van der Waals surface area contributed by atoms with Crippen LogP contribution in [0.4, 0.5) is 19.0 Å². The van der Waals surface area contributed by atoms with Gasteiger partial charge in [0.1, 0.15) is 16.4 Å². The molecule has 0 aliphatic carbocycles. The first-order valence-corrected chi connectivity index (χ1v) is 8.15. The Kier molecular flexibility index (Phi) is 5.63. The van der Waals surface area contributed by atoms with Crippen LogP contribution in [0, 0.1) is 5.82 Å². The van der Waals surface area contributed by atoms with Gasteiger partial charge in [-0.2, -0.15) is 0 Å². The molecule has 1 N–H and O–H groups in total.